The molecule has 0 spiro atoms. The highest BCUT2D eigenvalue weighted by molar-refractivity contribution is 5.90. The topological polar surface area (TPSA) is 69.3 Å². The van der Waals surface area contributed by atoms with Crippen molar-refractivity contribution in [2.24, 2.45) is 0 Å². The fourth-order valence-corrected chi connectivity index (χ4v) is 4.21. The van der Waals surface area contributed by atoms with Gasteiger partial charge in [-0.25, -0.2) is 4.98 Å². The van der Waals surface area contributed by atoms with Crippen molar-refractivity contribution < 1.29 is 22.8 Å². The van der Waals surface area contributed by atoms with Crippen LogP contribution in [-0.2, 0) is 9.59 Å². The SMILES string of the molecule is O=C(C1CCCN1C(=O)C(F)(F)F)N1CCCC(c2nc3ccccc3[nH]2)C1. The van der Waals surface area contributed by atoms with Crippen molar-refractivity contribution in [1.82, 2.24) is 19.8 Å². The third kappa shape index (κ3) is 3.45. The van der Waals surface area contributed by atoms with Crippen molar-refractivity contribution >= 4 is 22.8 Å². The lowest BCUT2D eigenvalue weighted by atomic mass is 9.96. The van der Waals surface area contributed by atoms with Crippen LogP contribution in [-0.4, -0.2) is 63.4 Å². The standard InChI is InChI=1S/C19H21F3N4O2/c20-19(21,22)18(28)26-10-4-8-15(26)17(27)25-9-3-5-12(11-25)16-23-13-6-1-2-7-14(13)24-16/h1-2,6-7,12,15H,3-5,8-11H2,(H,23,24). The molecule has 0 bridgehead atoms. The summed E-state index contributed by atoms with van der Waals surface area (Å²) in [5.41, 5.74) is 1.76. The lowest BCUT2D eigenvalue weighted by Crippen LogP contribution is -2.52. The Morgan fingerprint density at radius 1 is 1.11 bits per heavy atom. The Morgan fingerprint density at radius 3 is 2.61 bits per heavy atom. The number of fused-ring (bicyclic) bond motifs is 1. The van der Waals surface area contributed by atoms with Gasteiger partial charge in [-0.3, -0.25) is 9.59 Å². The summed E-state index contributed by atoms with van der Waals surface area (Å²) in [6.45, 7) is 0.846. The zero-order valence-corrected chi connectivity index (χ0v) is 15.2. The summed E-state index contributed by atoms with van der Waals surface area (Å²) >= 11 is 0. The Kier molecular flexibility index (Phi) is 4.76. The van der Waals surface area contributed by atoms with Crippen LogP contribution < -0.4 is 0 Å². The van der Waals surface area contributed by atoms with Crippen LogP contribution in [0.5, 0.6) is 0 Å². The number of H-pyrrole nitrogens is 1. The van der Waals surface area contributed by atoms with Crippen molar-refractivity contribution in [2.45, 2.75) is 43.8 Å². The fraction of sp³-hybridized carbons (Fsp3) is 0.526. The molecule has 2 aliphatic heterocycles. The lowest BCUT2D eigenvalue weighted by Gasteiger charge is -2.35. The highest BCUT2D eigenvalue weighted by Gasteiger charge is 2.48. The number of nitrogens with zero attached hydrogens (tertiary/aromatic N) is 3. The van der Waals surface area contributed by atoms with E-state index < -0.39 is 24.0 Å². The van der Waals surface area contributed by atoms with Crippen LogP contribution in [0.25, 0.3) is 11.0 Å². The summed E-state index contributed by atoms with van der Waals surface area (Å²) in [4.78, 5) is 34.7. The number of carbonyl (C=O) groups excluding carboxylic acids is 2. The second-order valence-electron chi connectivity index (χ2n) is 7.42. The molecular weight excluding hydrogens is 373 g/mol. The molecule has 1 aromatic heterocycles. The van der Waals surface area contributed by atoms with E-state index in [1.54, 1.807) is 4.90 Å². The van der Waals surface area contributed by atoms with Gasteiger partial charge >= 0.3 is 12.1 Å². The average Bonchev–Trinajstić information content (AvgIpc) is 3.33. The van der Waals surface area contributed by atoms with Crippen LogP contribution in [0.3, 0.4) is 0 Å². The number of alkyl halides is 3. The van der Waals surface area contributed by atoms with Gasteiger partial charge in [0.15, 0.2) is 0 Å². The minimum absolute atomic E-state index is 0.00160. The van der Waals surface area contributed by atoms with E-state index in [9.17, 15) is 22.8 Å². The molecule has 1 N–H and O–H groups in total. The van der Waals surface area contributed by atoms with Gasteiger partial charge in [-0.2, -0.15) is 13.2 Å². The number of halogens is 3. The van der Waals surface area contributed by atoms with E-state index in [4.69, 9.17) is 0 Å². The number of aromatic nitrogens is 2. The molecule has 150 valence electrons. The predicted octanol–water partition coefficient (Wildman–Crippen LogP) is 2.82. The number of nitrogens with one attached hydrogen (secondary N) is 1. The Labute approximate surface area is 159 Å². The molecule has 2 fully saturated rings. The van der Waals surface area contributed by atoms with Crippen LogP contribution in [0.1, 0.15) is 37.4 Å². The third-order valence-electron chi connectivity index (χ3n) is 5.57. The quantitative estimate of drug-likeness (QED) is 0.852. The van der Waals surface area contributed by atoms with Crippen molar-refractivity contribution in [3.63, 3.8) is 0 Å². The monoisotopic (exact) mass is 394 g/mol. The minimum atomic E-state index is -4.96. The van der Waals surface area contributed by atoms with Gasteiger partial charge in [0.05, 0.1) is 11.0 Å². The highest BCUT2D eigenvalue weighted by Crippen LogP contribution is 2.30. The first-order chi connectivity index (χ1) is 13.3. The fourth-order valence-electron chi connectivity index (χ4n) is 4.21. The third-order valence-corrected chi connectivity index (χ3v) is 5.57. The largest absolute Gasteiger partial charge is 0.471 e. The Hall–Kier alpha value is -2.58. The summed E-state index contributed by atoms with van der Waals surface area (Å²) < 4.78 is 38.5. The molecule has 2 aromatic rings. The maximum Gasteiger partial charge on any atom is 0.471 e. The molecule has 0 radical (unpaired) electrons. The van der Waals surface area contributed by atoms with Crippen molar-refractivity contribution in [3.05, 3.63) is 30.1 Å². The normalized spacial score (nSPS) is 23.4. The molecule has 28 heavy (non-hydrogen) atoms. The number of carbonyl (C=O) groups is 2. The van der Waals surface area contributed by atoms with Crippen molar-refractivity contribution in [2.75, 3.05) is 19.6 Å². The van der Waals surface area contributed by atoms with Crippen molar-refractivity contribution in [1.29, 1.82) is 0 Å². The van der Waals surface area contributed by atoms with E-state index in [2.05, 4.69) is 9.97 Å². The first-order valence-corrected chi connectivity index (χ1v) is 9.46. The summed E-state index contributed by atoms with van der Waals surface area (Å²) in [7, 11) is 0. The van der Waals surface area contributed by atoms with Crippen LogP contribution in [0.15, 0.2) is 24.3 Å². The Morgan fingerprint density at radius 2 is 1.86 bits per heavy atom. The van der Waals surface area contributed by atoms with Crippen LogP contribution in [0, 0.1) is 0 Å². The number of likely N-dealkylation sites (tertiary alicyclic amines) is 2. The number of aromatic amines is 1. The molecule has 9 heteroatoms. The van der Waals surface area contributed by atoms with E-state index in [0.717, 1.165) is 29.7 Å². The summed E-state index contributed by atoms with van der Waals surface area (Å²) in [5, 5.41) is 0. The van der Waals surface area contributed by atoms with Crippen LogP contribution >= 0.6 is 0 Å². The smallest absolute Gasteiger partial charge is 0.342 e. The van der Waals surface area contributed by atoms with Gasteiger partial charge in [0, 0.05) is 25.6 Å². The number of piperidine rings is 1. The molecule has 2 amide bonds. The van der Waals surface area contributed by atoms with Crippen LogP contribution in [0.2, 0.25) is 0 Å². The molecule has 2 saturated heterocycles. The van der Waals surface area contributed by atoms with Gasteiger partial charge in [-0.15, -0.1) is 0 Å². The molecule has 2 atom stereocenters. The minimum Gasteiger partial charge on any atom is -0.342 e. The number of hydrogen-bond donors (Lipinski definition) is 1. The second kappa shape index (κ2) is 7.10. The highest BCUT2D eigenvalue weighted by atomic mass is 19.4. The molecule has 1 aromatic carbocycles. The van der Waals surface area contributed by atoms with E-state index in [1.165, 1.54) is 0 Å². The number of para-hydroxylation sites is 2. The molecule has 0 aliphatic carbocycles. The maximum atomic E-state index is 12.9. The first kappa shape index (κ1) is 18.8. The number of imidazole rings is 1. The van der Waals surface area contributed by atoms with Crippen molar-refractivity contribution in [3.8, 4) is 0 Å². The van der Waals surface area contributed by atoms with Crippen LogP contribution in [0.4, 0.5) is 13.2 Å². The number of hydrogen-bond acceptors (Lipinski definition) is 3. The molecule has 4 rings (SSSR count). The van der Waals surface area contributed by atoms with E-state index in [0.29, 0.717) is 24.4 Å². The molecule has 2 unspecified atom stereocenters. The number of benzene rings is 1. The van der Waals surface area contributed by atoms with Gasteiger partial charge in [0.1, 0.15) is 11.9 Å². The lowest BCUT2D eigenvalue weighted by molar-refractivity contribution is -0.187. The average molecular weight is 394 g/mol. The summed E-state index contributed by atoms with van der Waals surface area (Å²) in [5.74, 6) is -1.53. The zero-order valence-electron chi connectivity index (χ0n) is 15.2. The maximum absolute atomic E-state index is 12.9. The van der Waals surface area contributed by atoms with E-state index in [1.807, 2.05) is 24.3 Å². The number of amides is 2. The van der Waals surface area contributed by atoms with E-state index >= 15 is 0 Å². The predicted molar refractivity (Wildman–Crippen MR) is 95.4 cm³/mol. The van der Waals surface area contributed by atoms with Gasteiger partial charge in [0.2, 0.25) is 5.91 Å². The molecule has 6 nitrogen and oxygen atoms in total. The Balaban J connectivity index is 1.49. The molecule has 2 aliphatic rings. The summed E-state index contributed by atoms with van der Waals surface area (Å²) in [6, 6.07) is 6.61. The van der Waals surface area contributed by atoms with E-state index in [-0.39, 0.29) is 18.9 Å². The van der Waals surface area contributed by atoms with Gasteiger partial charge in [-0.05, 0) is 37.8 Å². The van der Waals surface area contributed by atoms with Gasteiger partial charge in [-0.1, -0.05) is 12.1 Å². The zero-order chi connectivity index (χ0) is 19.9. The van der Waals surface area contributed by atoms with Gasteiger partial charge < -0.3 is 14.8 Å². The first-order valence-electron chi connectivity index (χ1n) is 9.46. The molecule has 3 heterocycles. The summed E-state index contributed by atoms with van der Waals surface area (Å²) in [6.07, 6.45) is -2.69. The molecule has 0 saturated carbocycles. The number of rotatable bonds is 2. The second-order valence-corrected chi connectivity index (χ2v) is 7.42. The molecular formula is C19H21F3N4O2. The van der Waals surface area contributed by atoms with Gasteiger partial charge in [0.25, 0.3) is 0 Å². The Bertz CT molecular complexity index is 862.